The van der Waals surface area contributed by atoms with Crippen molar-refractivity contribution in [3.8, 4) is 5.75 Å². The molecule has 0 atom stereocenters. The van der Waals surface area contributed by atoms with Crippen LogP contribution < -0.4 is 4.74 Å². The van der Waals surface area contributed by atoms with Crippen molar-refractivity contribution in [2.24, 2.45) is 0 Å². The van der Waals surface area contributed by atoms with Crippen LogP contribution in [-0.4, -0.2) is 16.0 Å². The van der Waals surface area contributed by atoms with Crippen LogP contribution in [0.25, 0.3) is 6.08 Å². The van der Waals surface area contributed by atoms with Gasteiger partial charge >= 0.3 is 0 Å². The Morgan fingerprint density at radius 3 is 2.45 bits per heavy atom. The minimum absolute atomic E-state index is 0.257. The molecule has 3 aromatic carbocycles. The number of halogens is 1. The molecule has 0 unspecified atom stereocenters. The summed E-state index contributed by atoms with van der Waals surface area (Å²) in [5.41, 5.74) is 3.82. The molecule has 1 aliphatic rings. The van der Waals surface area contributed by atoms with Crippen LogP contribution in [0.1, 0.15) is 22.3 Å². The molecule has 4 rings (SSSR count). The number of carbonyl (C=O) groups excluding carboxylic acids is 2. The topological polar surface area (TPSA) is 46.6 Å². The van der Waals surface area contributed by atoms with Gasteiger partial charge in [0, 0.05) is 10.0 Å². The summed E-state index contributed by atoms with van der Waals surface area (Å²) in [7, 11) is 0. The summed E-state index contributed by atoms with van der Waals surface area (Å²) in [4.78, 5) is 27.1. The van der Waals surface area contributed by atoms with Crippen molar-refractivity contribution in [2.75, 3.05) is 0 Å². The van der Waals surface area contributed by atoms with Gasteiger partial charge in [-0.05, 0) is 59.7 Å². The number of hydrogen-bond acceptors (Lipinski definition) is 4. The van der Waals surface area contributed by atoms with Crippen molar-refractivity contribution in [3.05, 3.63) is 104 Å². The van der Waals surface area contributed by atoms with Crippen molar-refractivity contribution in [1.29, 1.82) is 0 Å². The summed E-state index contributed by atoms with van der Waals surface area (Å²) >= 11 is 4.39. The fourth-order valence-corrected chi connectivity index (χ4v) is 4.30. The Hall–Kier alpha value is -2.83. The van der Waals surface area contributed by atoms with Crippen LogP contribution in [0.2, 0.25) is 0 Å². The molecule has 0 bridgehead atoms. The van der Waals surface area contributed by atoms with Crippen molar-refractivity contribution < 1.29 is 14.3 Å². The first kappa shape index (κ1) is 21.4. The van der Waals surface area contributed by atoms with Gasteiger partial charge in [0.25, 0.3) is 11.1 Å². The Labute approximate surface area is 194 Å². The lowest BCUT2D eigenvalue weighted by atomic mass is 10.1. The maximum atomic E-state index is 12.9. The minimum atomic E-state index is -0.277. The predicted molar refractivity (Wildman–Crippen MR) is 128 cm³/mol. The molecule has 0 aromatic heterocycles. The van der Waals surface area contributed by atoms with Gasteiger partial charge in [-0.3, -0.25) is 14.5 Å². The van der Waals surface area contributed by atoms with Gasteiger partial charge in [0.2, 0.25) is 0 Å². The average molecular weight is 494 g/mol. The number of rotatable bonds is 6. The quantitative estimate of drug-likeness (QED) is 0.364. The van der Waals surface area contributed by atoms with Crippen LogP contribution in [-0.2, 0) is 17.9 Å². The molecule has 0 aliphatic carbocycles. The number of carbonyl (C=O) groups is 2. The highest BCUT2D eigenvalue weighted by Gasteiger charge is 2.35. The third-order valence-electron chi connectivity index (χ3n) is 4.98. The van der Waals surface area contributed by atoms with E-state index in [1.54, 1.807) is 6.08 Å². The molecule has 4 nitrogen and oxygen atoms in total. The van der Waals surface area contributed by atoms with Gasteiger partial charge in [-0.2, -0.15) is 0 Å². The maximum absolute atomic E-state index is 12.9. The van der Waals surface area contributed by atoms with Crippen LogP contribution in [0.4, 0.5) is 4.79 Å². The van der Waals surface area contributed by atoms with Gasteiger partial charge in [-0.25, -0.2) is 0 Å². The SMILES string of the molecule is Cc1ccccc1CN1C(=O)S/C(=C\c2ccccc2OCc2ccc(Br)cc2)C1=O. The van der Waals surface area contributed by atoms with Gasteiger partial charge in [-0.1, -0.05) is 70.5 Å². The number of para-hydroxylation sites is 1. The Morgan fingerprint density at radius 1 is 0.968 bits per heavy atom. The van der Waals surface area contributed by atoms with Gasteiger partial charge in [0.1, 0.15) is 12.4 Å². The summed E-state index contributed by atoms with van der Waals surface area (Å²) in [6, 6.07) is 23.2. The van der Waals surface area contributed by atoms with E-state index in [0.29, 0.717) is 17.3 Å². The highest BCUT2D eigenvalue weighted by Crippen LogP contribution is 2.35. The number of thioether (sulfide) groups is 1. The monoisotopic (exact) mass is 493 g/mol. The van der Waals surface area contributed by atoms with Gasteiger partial charge < -0.3 is 4.74 Å². The Bertz CT molecular complexity index is 1160. The Morgan fingerprint density at radius 2 is 1.68 bits per heavy atom. The van der Waals surface area contributed by atoms with E-state index in [4.69, 9.17) is 4.74 Å². The zero-order valence-corrected chi connectivity index (χ0v) is 19.3. The molecule has 1 fully saturated rings. The lowest BCUT2D eigenvalue weighted by Crippen LogP contribution is -2.27. The molecule has 1 heterocycles. The van der Waals surface area contributed by atoms with E-state index in [2.05, 4.69) is 15.9 Å². The summed E-state index contributed by atoms with van der Waals surface area (Å²) in [6.07, 6.45) is 1.74. The van der Waals surface area contributed by atoms with Crippen molar-refractivity contribution in [3.63, 3.8) is 0 Å². The van der Waals surface area contributed by atoms with Crippen molar-refractivity contribution in [2.45, 2.75) is 20.1 Å². The highest BCUT2D eigenvalue weighted by molar-refractivity contribution is 9.10. The average Bonchev–Trinajstić information content (AvgIpc) is 3.03. The Balaban J connectivity index is 1.52. The molecule has 1 aliphatic heterocycles. The molecule has 156 valence electrons. The zero-order valence-electron chi connectivity index (χ0n) is 16.9. The largest absolute Gasteiger partial charge is 0.488 e. The van der Waals surface area contributed by atoms with E-state index in [9.17, 15) is 9.59 Å². The van der Waals surface area contributed by atoms with Crippen LogP contribution in [0.15, 0.2) is 82.2 Å². The lowest BCUT2D eigenvalue weighted by Gasteiger charge is -2.14. The molecular weight excluding hydrogens is 474 g/mol. The van der Waals surface area contributed by atoms with Gasteiger partial charge in [0.05, 0.1) is 11.4 Å². The molecule has 1 saturated heterocycles. The number of imide groups is 1. The van der Waals surface area contributed by atoms with Crippen molar-refractivity contribution in [1.82, 2.24) is 4.90 Å². The number of aryl methyl sites for hydroxylation is 1. The number of amides is 2. The molecule has 0 N–H and O–H groups in total. The fourth-order valence-electron chi connectivity index (χ4n) is 3.21. The summed E-state index contributed by atoms with van der Waals surface area (Å²) in [5, 5.41) is -0.257. The normalized spacial score (nSPS) is 15.0. The van der Waals surface area contributed by atoms with E-state index < -0.39 is 0 Å². The fraction of sp³-hybridized carbons (Fsp3) is 0.120. The molecular formula is C25H20BrNO3S. The van der Waals surface area contributed by atoms with E-state index in [-0.39, 0.29) is 17.7 Å². The van der Waals surface area contributed by atoms with Gasteiger partial charge in [0.15, 0.2) is 0 Å². The van der Waals surface area contributed by atoms with Crippen LogP contribution in [0, 0.1) is 6.92 Å². The van der Waals surface area contributed by atoms with Gasteiger partial charge in [-0.15, -0.1) is 0 Å². The van der Waals surface area contributed by atoms with E-state index in [0.717, 1.165) is 38.5 Å². The molecule has 0 saturated carbocycles. The number of benzene rings is 3. The third-order valence-corrected chi connectivity index (χ3v) is 6.41. The smallest absolute Gasteiger partial charge is 0.293 e. The first-order chi connectivity index (χ1) is 15.0. The van der Waals surface area contributed by atoms with Crippen LogP contribution in [0.3, 0.4) is 0 Å². The maximum Gasteiger partial charge on any atom is 0.293 e. The van der Waals surface area contributed by atoms with E-state index in [1.165, 1.54) is 4.90 Å². The molecule has 0 spiro atoms. The second-order valence-corrected chi connectivity index (χ2v) is 9.06. The number of ether oxygens (including phenoxy) is 1. The zero-order chi connectivity index (χ0) is 21.8. The second kappa shape index (κ2) is 9.54. The first-order valence-corrected chi connectivity index (χ1v) is 11.4. The molecule has 6 heteroatoms. The molecule has 2 amide bonds. The number of nitrogens with zero attached hydrogens (tertiary/aromatic N) is 1. The summed E-state index contributed by atoms with van der Waals surface area (Å²) < 4.78 is 7.01. The standard InChI is InChI=1S/C25H20BrNO3S/c1-17-6-2-3-8-20(17)15-27-24(28)23(31-25(27)29)14-19-7-4-5-9-22(19)30-16-18-10-12-21(26)13-11-18/h2-14H,15-16H2,1H3/b23-14-. The second-order valence-electron chi connectivity index (χ2n) is 7.15. The highest BCUT2D eigenvalue weighted by atomic mass is 79.9. The molecule has 3 aromatic rings. The van der Waals surface area contributed by atoms with Crippen LogP contribution in [0.5, 0.6) is 5.75 Å². The minimum Gasteiger partial charge on any atom is -0.488 e. The molecule has 31 heavy (non-hydrogen) atoms. The lowest BCUT2D eigenvalue weighted by molar-refractivity contribution is -0.123. The van der Waals surface area contributed by atoms with Crippen LogP contribution >= 0.6 is 27.7 Å². The summed E-state index contributed by atoms with van der Waals surface area (Å²) in [6.45, 7) is 2.66. The number of hydrogen-bond donors (Lipinski definition) is 0. The molecule has 0 radical (unpaired) electrons. The van der Waals surface area contributed by atoms with E-state index >= 15 is 0 Å². The summed E-state index contributed by atoms with van der Waals surface area (Å²) in [5.74, 6) is 0.386. The van der Waals surface area contributed by atoms with E-state index in [1.807, 2.05) is 79.7 Å². The predicted octanol–water partition coefficient (Wildman–Crippen LogP) is 6.57. The van der Waals surface area contributed by atoms with Crippen molar-refractivity contribution >= 4 is 44.9 Å². The Kier molecular flexibility index (Phi) is 6.59. The third kappa shape index (κ3) is 5.09. The first-order valence-electron chi connectivity index (χ1n) is 9.77.